The predicted molar refractivity (Wildman–Crippen MR) is 65.1 cm³/mol. The third-order valence-electron chi connectivity index (χ3n) is 2.51. The van der Waals surface area contributed by atoms with Gasteiger partial charge in [-0.1, -0.05) is 22.7 Å². The van der Waals surface area contributed by atoms with Gasteiger partial charge >= 0.3 is 0 Å². The summed E-state index contributed by atoms with van der Waals surface area (Å²) in [5.41, 5.74) is 0.640. The molecule has 0 N–H and O–H groups in total. The third-order valence-corrected chi connectivity index (χ3v) is 3.18. The number of pyridine rings is 1. The molecule has 0 spiro atoms. The Morgan fingerprint density at radius 2 is 2.12 bits per heavy atom. The molecule has 1 aromatic carbocycles. The van der Waals surface area contributed by atoms with Crippen molar-refractivity contribution in [1.82, 2.24) is 14.6 Å². The zero-order valence-corrected chi connectivity index (χ0v) is 9.52. The summed E-state index contributed by atoms with van der Waals surface area (Å²) in [5, 5.41) is 5.54. The average molecular weight is 241 g/mol. The van der Waals surface area contributed by atoms with Crippen LogP contribution < -0.4 is 0 Å². The van der Waals surface area contributed by atoms with Crippen molar-refractivity contribution in [3.63, 3.8) is 0 Å². The van der Waals surface area contributed by atoms with E-state index >= 15 is 0 Å². The molecule has 0 bridgehead atoms. The van der Waals surface area contributed by atoms with E-state index in [-0.39, 0.29) is 5.78 Å². The Morgan fingerprint density at radius 1 is 1.18 bits per heavy atom. The molecule has 2 aromatic heterocycles. The Balaban J connectivity index is 2.21. The number of carbonyl (C=O) groups excluding carboxylic acids is 1. The van der Waals surface area contributed by atoms with Crippen LogP contribution in [0, 0.1) is 0 Å². The SMILES string of the molecule is O=C(c1cnns1)c1cccc2ccncc12. The number of ketones is 1. The lowest BCUT2D eigenvalue weighted by molar-refractivity contribution is 0.104. The van der Waals surface area contributed by atoms with Gasteiger partial charge < -0.3 is 0 Å². The van der Waals surface area contributed by atoms with E-state index in [1.165, 1.54) is 6.20 Å². The van der Waals surface area contributed by atoms with Crippen LogP contribution >= 0.6 is 11.5 Å². The lowest BCUT2D eigenvalue weighted by Crippen LogP contribution is -1.99. The zero-order valence-electron chi connectivity index (χ0n) is 8.70. The molecule has 2 heterocycles. The van der Waals surface area contributed by atoms with Gasteiger partial charge in [-0.15, -0.1) is 5.10 Å². The second-order valence-corrected chi connectivity index (χ2v) is 4.30. The van der Waals surface area contributed by atoms with Crippen LogP contribution in [-0.2, 0) is 0 Å². The molecule has 0 aliphatic heterocycles. The van der Waals surface area contributed by atoms with Gasteiger partial charge in [0.1, 0.15) is 4.88 Å². The van der Waals surface area contributed by atoms with E-state index in [0.717, 1.165) is 22.3 Å². The second-order valence-electron chi connectivity index (χ2n) is 3.51. The second kappa shape index (κ2) is 4.03. The van der Waals surface area contributed by atoms with E-state index in [0.29, 0.717) is 10.4 Å². The first-order chi connectivity index (χ1) is 8.36. The maximum Gasteiger partial charge on any atom is 0.206 e. The fourth-order valence-electron chi connectivity index (χ4n) is 1.71. The minimum atomic E-state index is -0.0569. The molecule has 0 amide bonds. The van der Waals surface area contributed by atoms with Crippen molar-refractivity contribution < 1.29 is 4.79 Å². The standard InChI is InChI=1S/C12H7N3OS/c16-12(11-7-14-15-17-11)9-3-1-2-8-4-5-13-6-10(8)9/h1-7H. The highest BCUT2D eigenvalue weighted by Gasteiger charge is 2.14. The van der Waals surface area contributed by atoms with Gasteiger partial charge in [0, 0.05) is 23.3 Å². The van der Waals surface area contributed by atoms with Gasteiger partial charge in [-0.25, -0.2) is 0 Å². The monoisotopic (exact) mass is 241 g/mol. The first-order valence-corrected chi connectivity index (χ1v) is 5.78. The maximum absolute atomic E-state index is 12.2. The Labute approximate surface area is 101 Å². The number of fused-ring (bicyclic) bond motifs is 1. The summed E-state index contributed by atoms with van der Waals surface area (Å²) >= 11 is 1.10. The number of hydrogen-bond acceptors (Lipinski definition) is 5. The highest BCUT2D eigenvalue weighted by molar-refractivity contribution is 7.08. The van der Waals surface area contributed by atoms with Crippen molar-refractivity contribution in [1.29, 1.82) is 0 Å². The van der Waals surface area contributed by atoms with Gasteiger partial charge in [-0.2, -0.15) is 0 Å². The normalized spacial score (nSPS) is 10.6. The summed E-state index contributed by atoms with van der Waals surface area (Å²) in [5.74, 6) is -0.0569. The molecule has 4 nitrogen and oxygen atoms in total. The van der Waals surface area contributed by atoms with Crippen molar-refractivity contribution in [2.45, 2.75) is 0 Å². The van der Waals surface area contributed by atoms with Crippen LogP contribution in [0.5, 0.6) is 0 Å². The summed E-state index contributed by atoms with van der Waals surface area (Å²) in [6, 6.07) is 7.51. The van der Waals surface area contributed by atoms with Crippen LogP contribution in [0.25, 0.3) is 10.8 Å². The van der Waals surface area contributed by atoms with E-state index in [4.69, 9.17) is 0 Å². The van der Waals surface area contributed by atoms with Gasteiger partial charge in [0.25, 0.3) is 0 Å². The molecule has 82 valence electrons. The Hall–Kier alpha value is -2.14. The molecule has 5 heteroatoms. The highest BCUT2D eigenvalue weighted by atomic mass is 32.1. The van der Waals surface area contributed by atoms with Crippen LogP contribution in [-0.4, -0.2) is 20.4 Å². The van der Waals surface area contributed by atoms with Crippen LogP contribution in [0.15, 0.2) is 42.9 Å². The van der Waals surface area contributed by atoms with E-state index in [1.54, 1.807) is 18.5 Å². The number of nitrogens with zero attached hydrogens (tertiary/aromatic N) is 3. The van der Waals surface area contributed by atoms with Crippen LogP contribution in [0.2, 0.25) is 0 Å². The summed E-state index contributed by atoms with van der Waals surface area (Å²) in [6.45, 7) is 0. The van der Waals surface area contributed by atoms with Gasteiger partial charge in [0.2, 0.25) is 5.78 Å². The van der Waals surface area contributed by atoms with Gasteiger partial charge in [-0.05, 0) is 23.0 Å². The van der Waals surface area contributed by atoms with Crippen molar-refractivity contribution in [3.8, 4) is 0 Å². The Kier molecular flexibility index (Phi) is 2.38. The quantitative estimate of drug-likeness (QED) is 0.646. The number of hydrogen-bond donors (Lipinski definition) is 0. The van der Waals surface area contributed by atoms with E-state index in [2.05, 4.69) is 14.6 Å². The van der Waals surface area contributed by atoms with Crippen LogP contribution in [0.1, 0.15) is 15.2 Å². The van der Waals surface area contributed by atoms with E-state index in [9.17, 15) is 4.79 Å². The lowest BCUT2D eigenvalue weighted by atomic mass is 10.0. The van der Waals surface area contributed by atoms with Gasteiger partial charge in [-0.3, -0.25) is 9.78 Å². The fourth-order valence-corrected chi connectivity index (χ4v) is 2.18. The predicted octanol–water partition coefficient (Wildman–Crippen LogP) is 2.32. The fraction of sp³-hybridized carbons (Fsp3) is 0. The maximum atomic E-state index is 12.2. The van der Waals surface area contributed by atoms with Crippen molar-refractivity contribution in [2.24, 2.45) is 0 Å². The molecule has 0 fully saturated rings. The van der Waals surface area contributed by atoms with E-state index < -0.39 is 0 Å². The molecule has 0 radical (unpaired) electrons. The largest absolute Gasteiger partial charge is 0.288 e. The molecule has 3 rings (SSSR count). The van der Waals surface area contributed by atoms with Crippen molar-refractivity contribution in [2.75, 3.05) is 0 Å². The van der Waals surface area contributed by atoms with Crippen LogP contribution in [0.3, 0.4) is 0 Å². The molecule has 0 saturated heterocycles. The Morgan fingerprint density at radius 3 is 2.94 bits per heavy atom. The molecule has 17 heavy (non-hydrogen) atoms. The van der Waals surface area contributed by atoms with E-state index in [1.807, 2.05) is 18.2 Å². The highest BCUT2D eigenvalue weighted by Crippen LogP contribution is 2.21. The van der Waals surface area contributed by atoms with Crippen molar-refractivity contribution >= 4 is 28.1 Å². The van der Waals surface area contributed by atoms with Gasteiger partial charge in [0.15, 0.2) is 0 Å². The smallest absolute Gasteiger partial charge is 0.206 e. The summed E-state index contributed by atoms with van der Waals surface area (Å²) in [6.07, 6.45) is 4.91. The minimum Gasteiger partial charge on any atom is -0.288 e. The molecule has 0 aliphatic carbocycles. The molecule has 0 saturated carbocycles. The molecule has 0 unspecified atom stereocenters. The van der Waals surface area contributed by atoms with Gasteiger partial charge in [0.05, 0.1) is 6.20 Å². The van der Waals surface area contributed by atoms with Crippen molar-refractivity contribution in [3.05, 3.63) is 53.3 Å². The Bertz CT molecular complexity index is 674. The molecular formula is C12H7N3OS. The third kappa shape index (κ3) is 1.70. The molecule has 0 aliphatic rings. The number of carbonyl (C=O) groups is 1. The lowest BCUT2D eigenvalue weighted by Gasteiger charge is -2.02. The number of benzene rings is 1. The summed E-state index contributed by atoms with van der Waals surface area (Å²) < 4.78 is 3.70. The summed E-state index contributed by atoms with van der Waals surface area (Å²) in [7, 11) is 0. The number of rotatable bonds is 2. The first kappa shape index (κ1) is 10.0. The minimum absolute atomic E-state index is 0.0569. The first-order valence-electron chi connectivity index (χ1n) is 5.01. The number of aromatic nitrogens is 3. The zero-order chi connectivity index (χ0) is 11.7. The topological polar surface area (TPSA) is 55.7 Å². The molecule has 3 aromatic rings. The molecule has 0 atom stereocenters. The molecular weight excluding hydrogens is 234 g/mol. The van der Waals surface area contributed by atoms with Crippen LogP contribution in [0.4, 0.5) is 0 Å². The summed E-state index contributed by atoms with van der Waals surface area (Å²) in [4.78, 5) is 16.8. The average Bonchev–Trinajstić information content (AvgIpc) is 2.91.